The molecule has 0 aliphatic rings. The highest BCUT2D eigenvalue weighted by molar-refractivity contribution is 7.20. The number of nitrogen functional groups attached to an aromatic ring is 1. The maximum atomic E-state index is 12.4. The third-order valence-corrected chi connectivity index (χ3v) is 6.10. The number of hydrogen-bond acceptors (Lipinski definition) is 9. The second-order valence-corrected chi connectivity index (χ2v) is 8.38. The van der Waals surface area contributed by atoms with Crippen molar-refractivity contribution in [3.63, 3.8) is 0 Å². The van der Waals surface area contributed by atoms with Gasteiger partial charge in [-0.3, -0.25) is 9.59 Å². The molecule has 0 saturated carbocycles. The predicted octanol–water partition coefficient (Wildman–Crippen LogP) is 4.08. The van der Waals surface area contributed by atoms with E-state index in [1.807, 2.05) is 32.0 Å². The van der Waals surface area contributed by atoms with Crippen LogP contribution < -0.4 is 5.73 Å². The van der Waals surface area contributed by atoms with Crippen LogP contribution in [-0.4, -0.2) is 34.3 Å². The molecule has 2 heterocycles. The number of carbonyl (C=O) groups is 3. The van der Waals surface area contributed by atoms with Crippen LogP contribution in [0, 0.1) is 20.8 Å². The first-order chi connectivity index (χ1) is 15.2. The van der Waals surface area contributed by atoms with Gasteiger partial charge >= 0.3 is 11.9 Å². The second-order valence-electron chi connectivity index (χ2n) is 7.38. The average Bonchev–Trinajstić information content (AvgIpc) is 3.09. The van der Waals surface area contributed by atoms with Gasteiger partial charge in [0.1, 0.15) is 15.5 Å². The van der Waals surface area contributed by atoms with Crippen molar-refractivity contribution in [1.29, 1.82) is 0 Å². The fraction of sp³-hybridized carbons (Fsp3) is 0.348. The van der Waals surface area contributed by atoms with Crippen molar-refractivity contribution in [2.24, 2.45) is 0 Å². The van der Waals surface area contributed by atoms with Crippen LogP contribution in [0.5, 0.6) is 0 Å². The van der Waals surface area contributed by atoms with E-state index in [2.05, 4.69) is 9.97 Å². The zero-order valence-electron chi connectivity index (χ0n) is 18.5. The largest absolute Gasteiger partial charge is 0.462 e. The van der Waals surface area contributed by atoms with Gasteiger partial charge < -0.3 is 15.2 Å². The minimum absolute atomic E-state index is 0.0466. The van der Waals surface area contributed by atoms with Crippen LogP contribution in [0.2, 0.25) is 0 Å². The van der Waals surface area contributed by atoms with E-state index in [1.54, 1.807) is 13.8 Å². The van der Waals surface area contributed by atoms with Gasteiger partial charge in [0.05, 0.1) is 18.4 Å². The standard InChI is InChI=1S/C23H25N3O5S/c1-5-30-23(29)20-14(4)19-21(24)25-17(26-22(19)32-20)11-31-18(28)9-8-16(27)15-10-12(2)6-7-13(15)3/h6-7,10H,5,8-9,11H2,1-4H3,(H2,24,25,26). The van der Waals surface area contributed by atoms with Crippen molar-refractivity contribution < 1.29 is 23.9 Å². The molecule has 0 spiro atoms. The Balaban J connectivity index is 1.64. The number of rotatable bonds is 8. The van der Waals surface area contributed by atoms with E-state index >= 15 is 0 Å². The van der Waals surface area contributed by atoms with Gasteiger partial charge in [-0.1, -0.05) is 17.7 Å². The van der Waals surface area contributed by atoms with E-state index in [9.17, 15) is 14.4 Å². The number of aromatic nitrogens is 2. The lowest BCUT2D eigenvalue weighted by atomic mass is 9.99. The molecular formula is C23H25N3O5S. The Bertz CT molecular complexity index is 1200. The Morgan fingerprint density at radius 2 is 1.81 bits per heavy atom. The molecule has 1 aromatic carbocycles. The van der Waals surface area contributed by atoms with Gasteiger partial charge in [0.25, 0.3) is 0 Å². The van der Waals surface area contributed by atoms with E-state index in [4.69, 9.17) is 15.2 Å². The third kappa shape index (κ3) is 5.11. The molecule has 0 saturated heterocycles. The molecule has 0 aliphatic heterocycles. The molecule has 0 amide bonds. The monoisotopic (exact) mass is 455 g/mol. The Morgan fingerprint density at radius 1 is 1.06 bits per heavy atom. The van der Waals surface area contributed by atoms with Crippen molar-refractivity contribution in [2.45, 2.75) is 47.1 Å². The molecule has 8 nitrogen and oxygen atoms in total. The summed E-state index contributed by atoms with van der Waals surface area (Å²) in [5.41, 5.74) is 9.20. The molecule has 3 aromatic rings. The molecule has 168 valence electrons. The third-order valence-electron chi connectivity index (χ3n) is 4.94. The molecule has 3 rings (SSSR count). The van der Waals surface area contributed by atoms with Gasteiger partial charge in [-0.2, -0.15) is 0 Å². The number of benzene rings is 1. The first kappa shape index (κ1) is 23.3. The van der Waals surface area contributed by atoms with Crippen LogP contribution in [0.3, 0.4) is 0 Å². The van der Waals surface area contributed by atoms with E-state index < -0.39 is 11.9 Å². The van der Waals surface area contributed by atoms with Crippen LogP contribution in [0.15, 0.2) is 18.2 Å². The van der Waals surface area contributed by atoms with E-state index in [0.29, 0.717) is 26.2 Å². The van der Waals surface area contributed by atoms with Gasteiger partial charge in [-0.05, 0) is 44.9 Å². The number of nitrogens with zero attached hydrogens (tertiary/aromatic N) is 2. The number of thiophene rings is 1. The Hall–Kier alpha value is -3.33. The lowest BCUT2D eigenvalue weighted by Crippen LogP contribution is -2.11. The van der Waals surface area contributed by atoms with Crippen molar-refractivity contribution >= 4 is 45.1 Å². The summed E-state index contributed by atoms with van der Waals surface area (Å²) < 4.78 is 10.3. The molecule has 0 radical (unpaired) electrons. The summed E-state index contributed by atoms with van der Waals surface area (Å²) in [5.74, 6) is -0.642. The van der Waals surface area contributed by atoms with Crippen LogP contribution in [-0.2, 0) is 20.9 Å². The van der Waals surface area contributed by atoms with Crippen LogP contribution in [0.25, 0.3) is 10.2 Å². The zero-order valence-corrected chi connectivity index (χ0v) is 19.3. The zero-order chi connectivity index (χ0) is 23.4. The molecule has 2 N–H and O–H groups in total. The molecule has 32 heavy (non-hydrogen) atoms. The molecule has 9 heteroatoms. The summed E-state index contributed by atoms with van der Waals surface area (Å²) in [6.07, 6.45) is 0.00718. The first-order valence-electron chi connectivity index (χ1n) is 10.2. The van der Waals surface area contributed by atoms with Crippen molar-refractivity contribution in [3.8, 4) is 0 Å². The summed E-state index contributed by atoms with van der Waals surface area (Å²) in [6, 6.07) is 5.65. The number of nitrogens with two attached hydrogens (primary N) is 1. The fourth-order valence-electron chi connectivity index (χ4n) is 3.28. The summed E-state index contributed by atoms with van der Waals surface area (Å²) in [4.78, 5) is 46.2. The molecular weight excluding hydrogens is 430 g/mol. The minimum atomic E-state index is -0.527. The number of carbonyl (C=O) groups excluding carboxylic acids is 3. The number of Topliss-reactive ketones (excluding diaryl/α,β-unsaturated/α-hetero) is 1. The number of anilines is 1. The molecule has 0 fully saturated rings. The number of esters is 2. The lowest BCUT2D eigenvalue weighted by molar-refractivity contribution is -0.145. The van der Waals surface area contributed by atoms with Gasteiger partial charge in [-0.25, -0.2) is 14.8 Å². The molecule has 0 bridgehead atoms. The molecule has 0 unspecified atom stereocenters. The minimum Gasteiger partial charge on any atom is -0.462 e. The number of aryl methyl sites for hydroxylation is 3. The maximum Gasteiger partial charge on any atom is 0.348 e. The van der Waals surface area contributed by atoms with Crippen molar-refractivity contribution in [2.75, 3.05) is 12.3 Å². The maximum absolute atomic E-state index is 12.4. The second kappa shape index (κ2) is 9.86. The Morgan fingerprint density at radius 3 is 2.53 bits per heavy atom. The average molecular weight is 456 g/mol. The summed E-state index contributed by atoms with van der Waals surface area (Å²) in [6.45, 7) is 7.36. The summed E-state index contributed by atoms with van der Waals surface area (Å²) in [5, 5.41) is 0.590. The SMILES string of the molecule is CCOC(=O)c1sc2nc(COC(=O)CCC(=O)c3cc(C)ccc3C)nc(N)c2c1C. The van der Waals surface area contributed by atoms with Crippen LogP contribution in [0.1, 0.15) is 62.3 Å². The number of fused-ring (bicyclic) bond motifs is 1. The Labute approximate surface area is 189 Å². The van der Waals surface area contributed by atoms with Gasteiger partial charge in [0, 0.05) is 12.0 Å². The van der Waals surface area contributed by atoms with Crippen LogP contribution >= 0.6 is 11.3 Å². The molecule has 2 aromatic heterocycles. The first-order valence-corrected chi connectivity index (χ1v) is 11.0. The van der Waals surface area contributed by atoms with Crippen molar-refractivity contribution in [1.82, 2.24) is 9.97 Å². The normalized spacial score (nSPS) is 10.9. The summed E-state index contributed by atoms with van der Waals surface area (Å²) >= 11 is 1.16. The highest BCUT2D eigenvalue weighted by atomic mass is 32.1. The smallest absolute Gasteiger partial charge is 0.348 e. The topological polar surface area (TPSA) is 121 Å². The molecule has 0 atom stereocenters. The van der Waals surface area contributed by atoms with E-state index in [-0.39, 0.29) is 43.5 Å². The lowest BCUT2D eigenvalue weighted by Gasteiger charge is -2.07. The van der Waals surface area contributed by atoms with Crippen molar-refractivity contribution in [3.05, 3.63) is 51.2 Å². The molecule has 0 aliphatic carbocycles. The summed E-state index contributed by atoms with van der Waals surface area (Å²) in [7, 11) is 0. The highest BCUT2D eigenvalue weighted by Gasteiger charge is 2.21. The van der Waals surface area contributed by atoms with Gasteiger partial charge in [0.2, 0.25) is 0 Å². The quantitative estimate of drug-likeness (QED) is 0.398. The fourth-order valence-corrected chi connectivity index (χ4v) is 4.38. The number of ketones is 1. The van der Waals surface area contributed by atoms with E-state index in [0.717, 1.165) is 22.5 Å². The number of hydrogen-bond donors (Lipinski definition) is 1. The van der Waals surface area contributed by atoms with Crippen LogP contribution in [0.4, 0.5) is 5.82 Å². The van der Waals surface area contributed by atoms with Gasteiger partial charge in [-0.15, -0.1) is 11.3 Å². The predicted molar refractivity (Wildman–Crippen MR) is 122 cm³/mol. The van der Waals surface area contributed by atoms with Gasteiger partial charge in [0.15, 0.2) is 18.2 Å². The van der Waals surface area contributed by atoms with E-state index in [1.165, 1.54) is 0 Å². The Kier molecular flexibility index (Phi) is 7.19. The highest BCUT2D eigenvalue weighted by Crippen LogP contribution is 2.33. The number of ether oxygens (including phenoxy) is 2.